The van der Waals surface area contributed by atoms with Crippen LogP contribution < -0.4 is 11.3 Å². The lowest BCUT2D eigenvalue weighted by atomic mass is 10.2. The lowest BCUT2D eigenvalue weighted by molar-refractivity contribution is 0.525. The van der Waals surface area contributed by atoms with Crippen molar-refractivity contribution in [3.8, 4) is 0 Å². The third-order valence-corrected chi connectivity index (χ3v) is 4.13. The summed E-state index contributed by atoms with van der Waals surface area (Å²) in [7, 11) is 0. The second-order valence-corrected chi connectivity index (χ2v) is 5.08. The highest BCUT2D eigenvalue weighted by Gasteiger charge is 2.15. The van der Waals surface area contributed by atoms with E-state index in [1.807, 2.05) is 11.4 Å². The molecular weight excluding hydrogens is 288 g/mol. The average Bonchev–Trinajstić information content (AvgIpc) is 2.73. The van der Waals surface area contributed by atoms with Gasteiger partial charge in [-0.1, -0.05) is 0 Å². The Kier molecular flexibility index (Phi) is 4.00. The Labute approximate surface area is 106 Å². The number of nitrogens with two attached hydrogens (primary N) is 1. The molecule has 0 radical (unpaired) electrons. The second-order valence-electron chi connectivity index (χ2n) is 3.22. The largest absolute Gasteiger partial charge is 0.271 e. The van der Waals surface area contributed by atoms with Crippen molar-refractivity contribution in [1.29, 1.82) is 0 Å². The third-order valence-electron chi connectivity index (χ3n) is 2.18. The predicted molar refractivity (Wildman–Crippen MR) is 67.8 cm³/mol. The molecule has 2 aromatic rings. The number of thiophene rings is 1. The molecule has 0 fully saturated rings. The molecule has 2 rings (SSSR count). The molecule has 0 aliphatic carbocycles. The first-order valence-electron chi connectivity index (χ1n) is 4.76. The van der Waals surface area contributed by atoms with Gasteiger partial charge in [0.05, 0.1) is 6.04 Å². The molecule has 1 atom stereocenters. The molecule has 4 nitrogen and oxygen atoms in total. The van der Waals surface area contributed by atoms with E-state index >= 15 is 0 Å². The van der Waals surface area contributed by atoms with Crippen molar-refractivity contribution in [3.63, 3.8) is 0 Å². The zero-order valence-electron chi connectivity index (χ0n) is 8.43. The maximum Gasteiger partial charge on any atom is 0.146 e. The molecule has 0 spiro atoms. The topological polar surface area (TPSA) is 63.8 Å². The lowest BCUT2D eigenvalue weighted by Crippen LogP contribution is -2.30. The van der Waals surface area contributed by atoms with E-state index in [2.05, 4.69) is 31.3 Å². The summed E-state index contributed by atoms with van der Waals surface area (Å²) >= 11 is 5.19. The highest BCUT2D eigenvalue weighted by atomic mass is 79.9. The molecule has 16 heavy (non-hydrogen) atoms. The number of aromatic nitrogens is 2. The Hall–Kier alpha value is -0.820. The van der Waals surface area contributed by atoms with Crippen LogP contribution in [0.15, 0.2) is 34.4 Å². The molecule has 0 saturated carbocycles. The number of hydrogen-bond donors (Lipinski definition) is 2. The summed E-state index contributed by atoms with van der Waals surface area (Å²) in [5.74, 6) is 6.24. The lowest BCUT2D eigenvalue weighted by Gasteiger charge is -2.13. The molecule has 0 saturated heterocycles. The molecule has 0 bridgehead atoms. The molecule has 3 N–H and O–H groups in total. The molecule has 0 amide bonds. The zero-order valence-corrected chi connectivity index (χ0v) is 10.8. The second kappa shape index (κ2) is 5.49. The van der Waals surface area contributed by atoms with Crippen LogP contribution in [-0.2, 0) is 6.42 Å². The van der Waals surface area contributed by atoms with Gasteiger partial charge in [0.15, 0.2) is 0 Å². The van der Waals surface area contributed by atoms with Crippen LogP contribution in [0.4, 0.5) is 0 Å². The van der Waals surface area contributed by atoms with Crippen LogP contribution in [0.1, 0.15) is 16.7 Å². The van der Waals surface area contributed by atoms with Gasteiger partial charge in [-0.3, -0.25) is 5.84 Å². The average molecular weight is 299 g/mol. The minimum absolute atomic E-state index is 0.0591. The van der Waals surface area contributed by atoms with Gasteiger partial charge in [-0.15, -0.1) is 11.3 Å². The minimum Gasteiger partial charge on any atom is -0.271 e. The maximum absolute atomic E-state index is 5.53. The summed E-state index contributed by atoms with van der Waals surface area (Å²) in [6, 6.07) is 3.76. The summed E-state index contributed by atoms with van der Waals surface area (Å²) < 4.78 is 1.11. The van der Waals surface area contributed by atoms with E-state index < -0.39 is 0 Å². The van der Waals surface area contributed by atoms with Crippen LogP contribution in [0, 0.1) is 0 Å². The molecule has 0 aliphatic rings. The van der Waals surface area contributed by atoms with Crippen LogP contribution in [0.2, 0.25) is 0 Å². The summed E-state index contributed by atoms with van der Waals surface area (Å²) in [5.41, 5.74) is 2.74. The van der Waals surface area contributed by atoms with Crippen LogP contribution in [-0.4, -0.2) is 9.97 Å². The Morgan fingerprint density at radius 1 is 1.44 bits per heavy atom. The normalized spacial score (nSPS) is 12.6. The standard InChI is InChI=1S/C10H11BrN4S/c11-7-2-5-16-9(7)6-8(15-12)10-13-3-1-4-14-10/h1-5,8,15H,6,12H2. The summed E-state index contributed by atoms with van der Waals surface area (Å²) in [6.45, 7) is 0. The van der Waals surface area contributed by atoms with Crippen LogP contribution in [0.3, 0.4) is 0 Å². The van der Waals surface area contributed by atoms with Gasteiger partial charge in [0.25, 0.3) is 0 Å². The fraction of sp³-hybridized carbons (Fsp3) is 0.200. The molecule has 2 heterocycles. The number of nitrogens with zero attached hydrogens (tertiary/aromatic N) is 2. The quantitative estimate of drug-likeness (QED) is 0.670. The van der Waals surface area contributed by atoms with Crippen molar-refractivity contribution >= 4 is 27.3 Å². The van der Waals surface area contributed by atoms with Gasteiger partial charge in [-0.05, 0) is 33.4 Å². The number of halogens is 1. The summed E-state index contributed by atoms with van der Waals surface area (Å²) in [5, 5.41) is 2.04. The van der Waals surface area contributed by atoms with E-state index in [0.29, 0.717) is 5.82 Å². The Morgan fingerprint density at radius 2 is 2.19 bits per heavy atom. The fourth-order valence-corrected chi connectivity index (χ4v) is 2.93. The summed E-state index contributed by atoms with van der Waals surface area (Å²) in [6.07, 6.45) is 4.21. The molecular formula is C10H11BrN4S. The number of hydrogen-bond acceptors (Lipinski definition) is 5. The molecule has 2 aromatic heterocycles. The third kappa shape index (κ3) is 2.65. The van der Waals surface area contributed by atoms with Gasteiger partial charge in [0.1, 0.15) is 5.82 Å². The zero-order chi connectivity index (χ0) is 11.4. The van der Waals surface area contributed by atoms with E-state index in [0.717, 1.165) is 10.9 Å². The van der Waals surface area contributed by atoms with Crippen molar-refractivity contribution in [2.45, 2.75) is 12.5 Å². The van der Waals surface area contributed by atoms with Gasteiger partial charge >= 0.3 is 0 Å². The van der Waals surface area contributed by atoms with Gasteiger partial charge in [-0.2, -0.15) is 0 Å². The van der Waals surface area contributed by atoms with Gasteiger partial charge < -0.3 is 0 Å². The van der Waals surface area contributed by atoms with Gasteiger partial charge in [0.2, 0.25) is 0 Å². The highest BCUT2D eigenvalue weighted by molar-refractivity contribution is 9.10. The molecule has 0 aliphatic heterocycles. The van der Waals surface area contributed by atoms with E-state index in [1.54, 1.807) is 29.8 Å². The van der Waals surface area contributed by atoms with E-state index in [9.17, 15) is 0 Å². The maximum atomic E-state index is 5.53. The first-order chi connectivity index (χ1) is 7.81. The molecule has 84 valence electrons. The number of hydrazine groups is 1. The van der Waals surface area contributed by atoms with Gasteiger partial charge in [0, 0.05) is 28.2 Å². The highest BCUT2D eigenvalue weighted by Crippen LogP contribution is 2.26. The Bertz CT molecular complexity index is 445. The first-order valence-corrected chi connectivity index (χ1v) is 6.43. The van der Waals surface area contributed by atoms with Crippen molar-refractivity contribution in [3.05, 3.63) is 45.1 Å². The van der Waals surface area contributed by atoms with Crippen LogP contribution in [0.5, 0.6) is 0 Å². The molecule has 6 heteroatoms. The molecule has 1 unspecified atom stereocenters. The minimum atomic E-state index is -0.0591. The van der Waals surface area contributed by atoms with E-state index in [-0.39, 0.29) is 6.04 Å². The van der Waals surface area contributed by atoms with E-state index in [4.69, 9.17) is 5.84 Å². The van der Waals surface area contributed by atoms with Gasteiger partial charge in [-0.25, -0.2) is 15.4 Å². The Morgan fingerprint density at radius 3 is 2.75 bits per heavy atom. The SMILES string of the molecule is NNC(Cc1sccc1Br)c1ncccn1. The number of rotatable bonds is 4. The van der Waals surface area contributed by atoms with Crippen molar-refractivity contribution in [2.75, 3.05) is 0 Å². The Balaban J connectivity index is 2.16. The van der Waals surface area contributed by atoms with Crippen LogP contribution >= 0.6 is 27.3 Å². The van der Waals surface area contributed by atoms with Crippen molar-refractivity contribution in [2.24, 2.45) is 5.84 Å². The fourth-order valence-electron chi connectivity index (χ4n) is 1.37. The van der Waals surface area contributed by atoms with Crippen molar-refractivity contribution < 1.29 is 0 Å². The monoisotopic (exact) mass is 298 g/mol. The molecule has 0 aromatic carbocycles. The smallest absolute Gasteiger partial charge is 0.146 e. The van der Waals surface area contributed by atoms with Crippen LogP contribution in [0.25, 0.3) is 0 Å². The van der Waals surface area contributed by atoms with Crippen molar-refractivity contribution in [1.82, 2.24) is 15.4 Å². The predicted octanol–water partition coefficient (Wildman–Crippen LogP) is 2.05. The number of nitrogens with one attached hydrogen (secondary N) is 1. The summed E-state index contributed by atoms with van der Waals surface area (Å²) in [4.78, 5) is 9.62. The first kappa shape index (κ1) is 11.7. The van der Waals surface area contributed by atoms with E-state index in [1.165, 1.54) is 4.88 Å².